The third kappa shape index (κ3) is 2.79. The van der Waals surface area contributed by atoms with E-state index in [0.29, 0.717) is 23.5 Å². The molecule has 24 heavy (non-hydrogen) atoms. The molecule has 0 amide bonds. The average Bonchev–Trinajstić information content (AvgIpc) is 2.63. The first-order chi connectivity index (χ1) is 11.8. The van der Waals surface area contributed by atoms with E-state index < -0.39 is 0 Å². The number of hydrogen-bond donors (Lipinski definition) is 0. The van der Waals surface area contributed by atoms with Crippen molar-refractivity contribution in [2.45, 2.75) is 6.42 Å². The van der Waals surface area contributed by atoms with Crippen molar-refractivity contribution in [1.82, 2.24) is 19.5 Å². The highest BCUT2D eigenvalue weighted by Gasteiger charge is 2.12. The summed E-state index contributed by atoms with van der Waals surface area (Å²) in [6.45, 7) is 0. The van der Waals surface area contributed by atoms with Gasteiger partial charge in [0.05, 0.1) is 11.3 Å². The molecular weight excluding hydrogens is 300 g/mol. The van der Waals surface area contributed by atoms with Crippen LogP contribution in [0.15, 0.2) is 78.1 Å². The van der Waals surface area contributed by atoms with E-state index in [2.05, 4.69) is 15.0 Å². The SMILES string of the molecule is O=c1nc(Cc2ccccc2)nc2ccn(-c3ccncc3)cc1-2. The summed E-state index contributed by atoms with van der Waals surface area (Å²) in [4.78, 5) is 25.1. The molecule has 5 nitrogen and oxygen atoms in total. The molecule has 0 N–H and O–H groups in total. The summed E-state index contributed by atoms with van der Waals surface area (Å²) in [5, 5.41) is 0. The summed E-state index contributed by atoms with van der Waals surface area (Å²) >= 11 is 0. The van der Waals surface area contributed by atoms with Crippen LogP contribution in [0.1, 0.15) is 11.4 Å². The zero-order valence-electron chi connectivity index (χ0n) is 12.8. The number of fused-ring (bicyclic) bond motifs is 1. The van der Waals surface area contributed by atoms with Crippen LogP contribution in [0.4, 0.5) is 0 Å². The highest BCUT2D eigenvalue weighted by molar-refractivity contribution is 5.58. The standard InChI is InChI=1S/C19H14N4O/c24-19-16-13-23(15-6-9-20-10-7-15)11-8-17(16)21-18(22-19)12-14-4-2-1-3-5-14/h1-11,13H,12H2. The Kier molecular flexibility index (Phi) is 3.59. The third-order valence-corrected chi connectivity index (χ3v) is 3.81. The van der Waals surface area contributed by atoms with Gasteiger partial charge in [0, 0.05) is 36.9 Å². The zero-order chi connectivity index (χ0) is 16.4. The molecule has 2 aliphatic rings. The summed E-state index contributed by atoms with van der Waals surface area (Å²) in [5.74, 6) is 0.542. The van der Waals surface area contributed by atoms with Crippen LogP contribution in [-0.4, -0.2) is 19.5 Å². The second-order valence-corrected chi connectivity index (χ2v) is 5.46. The van der Waals surface area contributed by atoms with E-state index in [-0.39, 0.29) is 5.56 Å². The fraction of sp³-hybridized carbons (Fsp3) is 0.0526. The van der Waals surface area contributed by atoms with E-state index in [1.807, 2.05) is 59.3 Å². The van der Waals surface area contributed by atoms with Crippen LogP contribution in [0.3, 0.4) is 0 Å². The molecule has 0 saturated heterocycles. The molecule has 0 spiro atoms. The molecule has 0 unspecified atom stereocenters. The van der Waals surface area contributed by atoms with Crippen molar-refractivity contribution in [3.8, 4) is 16.9 Å². The third-order valence-electron chi connectivity index (χ3n) is 3.81. The maximum atomic E-state index is 12.4. The van der Waals surface area contributed by atoms with E-state index in [4.69, 9.17) is 0 Å². The molecule has 116 valence electrons. The first-order valence-electron chi connectivity index (χ1n) is 7.63. The molecule has 5 heteroatoms. The molecular formula is C19H14N4O. The maximum Gasteiger partial charge on any atom is 0.282 e. The average molecular weight is 314 g/mol. The van der Waals surface area contributed by atoms with Gasteiger partial charge in [0.1, 0.15) is 5.82 Å². The van der Waals surface area contributed by atoms with E-state index in [0.717, 1.165) is 11.3 Å². The highest BCUT2D eigenvalue weighted by atomic mass is 16.1. The Morgan fingerprint density at radius 1 is 0.917 bits per heavy atom. The number of rotatable bonds is 3. The fourth-order valence-electron chi connectivity index (χ4n) is 2.63. The molecule has 0 fully saturated rings. The molecule has 2 aliphatic heterocycles. The number of nitrogens with zero attached hydrogens (tertiary/aromatic N) is 4. The molecule has 4 rings (SSSR count). The van der Waals surface area contributed by atoms with Gasteiger partial charge in [-0.15, -0.1) is 0 Å². The second-order valence-electron chi connectivity index (χ2n) is 5.46. The van der Waals surface area contributed by atoms with Gasteiger partial charge in [0.25, 0.3) is 5.56 Å². The summed E-state index contributed by atoms with van der Waals surface area (Å²) in [7, 11) is 0. The summed E-state index contributed by atoms with van der Waals surface area (Å²) in [6, 6.07) is 15.5. The molecule has 2 aromatic rings. The number of hydrogen-bond acceptors (Lipinski definition) is 4. The minimum Gasteiger partial charge on any atom is -0.323 e. The molecule has 1 aromatic heterocycles. The van der Waals surface area contributed by atoms with Crippen molar-refractivity contribution >= 4 is 0 Å². The van der Waals surface area contributed by atoms with Gasteiger partial charge in [-0.3, -0.25) is 9.78 Å². The van der Waals surface area contributed by atoms with Crippen LogP contribution in [-0.2, 0) is 6.42 Å². The zero-order valence-corrected chi connectivity index (χ0v) is 12.8. The summed E-state index contributed by atoms with van der Waals surface area (Å²) in [6.07, 6.45) is 7.62. The Morgan fingerprint density at radius 3 is 2.50 bits per heavy atom. The van der Waals surface area contributed by atoms with Crippen LogP contribution in [0.25, 0.3) is 16.9 Å². The highest BCUT2D eigenvalue weighted by Crippen LogP contribution is 2.17. The Bertz CT molecular complexity index is 997. The summed E-state index contributed by atoms with van der Waals surface area (Å²) in [5.41, 5.74) is 2.92. The lowest BCUT2D eigenvalue weighted by molar-refractivity contribution is 0.932. The van der Waals surface area contributed by atoms with Crippen LogP contribution in [0.2, 0.25) is 0 Å². The lowest BCUT2D eigenvalue weighted by Gasteiger charge is -2.11. The van der Waals surface area contributed by atoms with E-state index in [1.54, 1.807) is 18.6 Å². The van der Waals surface area contributed by atoms with Crippen molar-refractivity contribution in [3.05, 3.63) is 95.1 Å². The van der Waals surface area contributed by atoms with Gasteiger partial charge < -0.3 is 4.57 Å². The number of benzene rings is 1. The van der Waals surface area contributed by atoms with Gasteiger partial charge in [0.2, 0.25) is 0 Å². The summed E-state index contributed by atoms with van der Waals surface area (Å²) < 4.78 is 1.87. The van der Waals surface area contributed by atoms with Crippen LogP contribution in [0.5, 0.6) is 0 Å². The normalized spacial score (nSPS) is 10.8. The van der Waals surface area contributed by atoms with Crippen LogP contribution in [0, 0.1) is 0 Å². The lowest BCUT2D eigenvalue weighted by atomic mass is 10.1. The minimum absolute atomic E-state index is 0.255. The Morgan fingerprint density at radius 2 is 1.71 bits per heavy atom. The topological polar surface area (TPSA) is 60.7 Å². The predicted molar refractivity (Wildman–Crippen MR) is 91.3 cm³/mol. The number of pyridine rings is 2. The van der Waals surface area contributed by atoms with Gasteiger partial charge in [-0.25, -0.2) is 4.98 Å². The van der Waals surface area contributed by atoms with Crippen molar-refractivity contribution in [2.75, 3.05) is 0 Å². The number of aromatic nitrogens is 4. The van der Waals surface area contributed by atoms with Gasteiger partial charge in [0.15, 0.2) is 0 Å². The molecule has 0 atom stereocenters. The largest absolute Gasteiger partial charge is 0.323 e. The lowest BCUT2D eigenvalue weighted by Crippen LogP contribution is -2.17. The van der Waals surface area contributed by atoms with Gasteiger partial charge in [-0.05, 0) is 23.8 Å². The van der Waals surface area contributed by atoms with Crippen LogP contribution >= 0.6 is 0 Å². The van der Waals surface area contributed by atoms with E-state index in [9.17, 15) is 4.79 Å². The van der Waals surface area contributed by atoms with Crippen molar-refractivity contribution in [2.24, 2.45) is 0 Å². The molecule has 0 radical (unpaired) electrons. The monoisotopic (exact) mass is 314 g/mol. The van der Waals surface area contributed by atoms with Crippen LogP contribution < -0.4 is 5.56 Å². The van der Waals surface area contributed by atoms with Gasteiger partial charge in [-0.2, -0.15) is 4.98 Å². The molecule has 0 aliphatic carbocycles. The first-order valence-corrected chi connectivity index (χ1v) is 7.63. The van der Waals surface area contributed by atoms with Crippen molar-refractivity contribution in [1.29, 1.82) is 0 Å². The van der Waals surface area contributed by atoms with E-state index >= 15 is 0 Å². The molecule has 1 aromatic carbocycles. The fourth-order valence-corrected chi connectivity index (χ4v) is 2.63. The van der Waals surface area contributed by atoms with Gasteiger partial charge in [-0.1, -0.05) is 30.3 Å². The predicted octanol–water partition coefficient (Wildman–Crippen LogP) is 2.72. The molecule has 0 bridgehead atoms. The minimum atomic E-state index is -0.255. The maximum absolute atomic E-state index is 12.4. The molecule has 3 heterocycles. The second kappa shape index (κ2) is 6.04. The van der Waals surface area contributed by atoms with Gasteiger partial charge >= 0.3 is 0 Å². The molecule has 0 saturated carbocycles. The van der Waals surface area contributed by atoms with E-state index in [1.165, 1.54) is 0 Å². The Hall–Kier alpha value is -3.34. The van der Waals surface area contributed by atoms with Crippen molar-refractivity contribution in [3.63, 3.8) is 0 Å². The van der Waals surface area contributed by atoms with Crippen molar-refractivity contribution < 1.29 is 0 Å². The first kappa shape index (κ1) is 14.3. The Labute approximate surface area is 138 Å². The smallest absolute Gasteiger partial charge is 0.282 e. The Balaban J connectivity index is 1.75. The quantitative estimate of drug-likeness (QED) is 0.583.